The Bertz CT molecular complexity index is 850. The number of nitrogens with one attached hydrogen (secondary N) is 1. The van der Waals surface area contributed by atoms with Gasteiger partial charge in [-0.15, -0.1) is 11.3 Å². The molecule has 26 heavy (non-hydrogen) atoms. The molecule has 0 fully saturated rings. The maximum absolute atomic E-state index is 14.1. The molecule has 0 amide bonds. The van der Waals surface area contributed by atoms with Gasteiger partial charge in [-0.1, -0.05) is 0 Å². The van der Waals surface area contributed by atoms with Crippen LogP contribution in [-0.4, -0.2) is 18.4 Å². The molecule has 1 heterocycles. The van der Waals surface area contributed by atoms with Crippen LogP contribution < -0.4 is 5.32 Å². The van der Waals surface area contributed by atoms with Crippen molar-refractivity contribution in [2.75, 3.05) is 11.9 Å². The second-order valence-corrected chi connectivity index (χ2v) is 5.93. The Labute approximate surface area is 150 Å². The molecule has 0 radical (unpaired) electrons. The lowest BCUT2D eigenvalue weighted by Gasteiger charge is -2.12. The molecule has 1 aromatic carbocycles. The van der Waals surface area contributed by atoms with Crippen molar-refractivity contribution in [2.24, 2.45) is 0 Å². The molecule has 0 spiro atoms. The molecule has 2 rings (SSSR count). The van der Waals surface area contributed by atoms with Crippen molar-refractivity contribution in [2.45, 2.75) is 13.8 Å². The van der Waals surface area contributed by atoms with Crippen LogP contribution in [0.5, 0.6) is 0 Å². The van der Waals surface area contributed by atoms with Gasteiger partial charge in [-0.3, -0.25) is 4.79 Å². The first-order valence-corrected chi connectivity index (χ1v) is 8.22. The predicted octanol–water partition coefficient (Wildman–Crippen LogP) is 4.35. The van der Waals surface area contributed by atoms with Gasteiger partial charge in [-0.25, -0.2) is 22.4 Å². The number of benzene rings is 1. The van der Waals surface area contributed by atoms with Crippen molar-refractivity contribution in [1.29, 1.82) is 0 Å². The molecular formula is C17H13F4NO3S. The van der Waals surface area contributed by atoms with Gasteiger partial charge in [0.25, 0.3) is 0 Å². The Morgan fingerprint density at radius 3 is 2.38 bits per heavy atom. The summed E-state index contributed by atoms with van der Waals surface area (Å²) in [4.78, 5) is 24.6. The second kappa shape index (κ2) is 8.13. The minimum atomic E-state index is -2.13. The standard InChI is InChI=1S/C17H13F4NO3S/c1-3-25-17(24)9(7-22-10-5-4-6-26-10)16(23)11-8(2)12(18)14(20)15(21)13(11)19/h4-7,22H,3H2,1-2H3/b9-7-. The fourth-order valence-corrected chi connectivity index (χ4v) is 2.66. The summed E-state index contributed by atoms with van der Waals surface area (Å²) in [6, 6.07) is 3.33. The lowest BCUT2D eigenvalue weighted by atomic mass is 9.97. The first-order valence-electron chi connectivity index (χ1n) is 7.34. The third-order valence-electron chi connectivity index (χ3n) is 3.35. The van der Waals surface area contributed by atoms with Crippen LogP contribution in [0.4, 0.5) is 22.6 Å². The predicted molar refractivity (Wildman–Crippen MR) is 88.0 cm³/mol. The van der Waals surface area contributed by atoms with Gasteiger partial charge in [0.15, 0.2) is 23.3 Å². The summed E-state index contributed by atoms with van der Waals surface area (Å²) in [6.07, 6.45) is 0.949. The number of thiophene rings is 1. The second-order valence-electron chi connectivity index (χ2n) is 4.99. The number of anilines is 1. The van der Waals surface area contributed by atoms with Crippen molar-refractivity contribution in [1.82, 2.24) is 0 Å². The highest BCUT2D eigenvalue weighted by Gasteiger charge is 2.31. The Morgan fingerprint density at radius 1 is 1.15 bits per heavy atom. The van der Waals surface area contributed by atoms with E-state index in [1.54, 1.807) is 17.5 Å². The van der Waals surface area contributed by atoms with E-state index in [1.807, 2.05) is 0 Å². The summed E-state index contributed by atoms with van der Waals surface area (Å²) in [5.41, 5.74) is -2.51. The molecule has 0 saturated carbocycles. The number of esters is 1. The number of ketones is 1. The van der Waals surface area contributed by atoms with Crippen LogP contribution in [0, 0.1) is 30.2 Å². The van der Waals surface area contributed by atoms with E-state index in [-0.39, 0.29) is 6.61 Å². The van der Waals surface area contributed by atoms with E-state index in [0.29, 0.717) is 5.00 Å². The molecule has 0 aliphatic heterocycles. The van der Waals surface area contributed by atoms with E-state index in [4.69, 9.17) is 4.74 Å². The summed E-state index contributed by atoms with van der Waals surface area (Å²) in [5.74, 6) is -10.2. The van der Waals surface area contributed by atoms with Gasteiger partial charge in [-0.2, -0.15) is 0 Å². The zero-order valence-electron chi connectivity index (χ0n) is 13.7. The maximum Gasteiger partial charge on any atom is 0.343 e. The molecule has 1 N–H and O–H groups in total. The lowest BCUT2D eigenvalue weighted by molar-refractivity contribution is -0.138. The van der Waals surface area contributed by atoms with Gasteiger partial charge in [0.05, 0.1) is 17.2 Å². The number of hydrogen-bond acceptors (Lipinski definition) is 5. The molecule has 2 aromatic rings. The van der Waals surface area contributed by atoms with E-state index in [1.165, 1.54) is 18.3 Å². The average Bonchev–Trinajstić information content (AvgIpc) is 3.12. The Hall–Kier alpha value is -2.68. The SMILES string of the molecule is CCOC(=O)/C(=C\Nc1cccs1)C(=O)c1c(C)c(F)c(F)c(F)c1F. The number of halogens is 4. The number of carbonyl (C=O) groups excluding carboxylic acids is 2. The average molecular weight is 387 g/mol. The number of carbonyl (C=O) groups is 2. The molecular weight excluding hydrogens is 374 g/mol. The van der Waals surface area contributed by atoms with Crippen molar-refractivity contribution >= 4 is 28.1 Å². The van der Waals surface area contributed by atoms with Gasteiger partial charge >= 0.3 is 5.97 Å². The molecule has 0 aliphatic carbocycles. The molecule has 0 aliphatic rings. The quantitative estimate of drug-likeness (QED) is 0.117. The van der Waals surface area contributed by atoms with Crippen molar-refractivity contribution in [3.05, 3.63) is 63.7 Å². The first-order chi connectivity index (χ1) is 12.3. The van der Waals surface area contributed by atoms with Crippen LogP contribution in [-0.2, 0) is 9.53 Å². The molecule has 9 heteroatoms. The molecule has 138 valence electrons. The molecule has 0 bridgehead atoms. The molecule has 0 unspecified atom stereocenters. The molecule has 0 saturated heterocycles. The fraction of sp³-hybridized carbons (Fsp3) is 0.176. The largest absolute Gasteiger partial charge is 0.462 e. The number of ether oxygens (including phenoxy) is 1. The first kappa shape index (κ1) is 19.6. The summed E-state index contributed by atoms with van der Waals surface area (Å²) in [7, 11) is 0. The van der Waals surface area contributed by atoms with Crippen LogP contribution in [0.3, 0.4) is 0 Å². The summed E-state index contributed by atoms with van der Waals surface area (Å²) in [5, 5.41) is 4.91. The number of rotatable bonds is 6. The highest BCUT2D eigenvalue weighted by Crippen LogP contribution is 2.26. The highest BCUT2D eigenvalue weighted by atomic mass is 32.1. The van der Waals surface area contributed by atoms with Gasteiger partial charge in [0.2, 0.25) is 5.78 Å². The normalized spacial score (nSPS) is 11.4. The molecule has 4 nitrogen and oxygen atoms in total. The van der Waals surface area contributed by atoms with Crippen LogP contribution in [0.15, 0.2) is 29.3 Å². The minimum absolute atomic E-state index is 0.0872. The molecule has 1 aromatic heterocycles. The zero-order chi connectivity index (χ0) is 19.4. The van der Waals surface area contributed by atoms with Crippen LogP contribution in [0.2, 0.25) is 0 Å². The summed E-state index contributed by atoms with van der Waals surface area (Å²) >= 11 is 1.25. The van der Waals surface area contributed by atoms with E-state index in [9.17, 15) is 27.2 Å². The smallest absolute Gasteiger partial charge is 0.343 e. The van der Waals surface area contributed by atoms with Gasteiger partial charge in [0.1, 0.15) is 5.57 Å². The fourth-order valence-electron chi connectivity index (χ4n) is 2.08. The monoisotopic (exact) mass is 387 g/mol. The van der Waals surface area contributed by atoms with Crippen molar-refractivity contribution in [3.8, 4) is 0 Å². The van der Waals surface area contributed by atoms with Crippen LogP contribution in [0.1, 0.15) is 22.8 Å². The Balaban J connectivity index is 2.54. The third-order valence-corrected chi connectivity index (χ3v) is 4.15. The Kier molecular flexibility index (Phi) is 6.14. The van der Waals surface area contributed by atoms with Crippen LogP contribution >= 0.6 is 11.3 Å². The van der Waals surface area contributed by atoms with E-state index in [0.717, 1.165) is 13.1 Å². The minimum Gasteiger partial charge on any atom is -0.462 e. The number of Topliss-reactive ketones (excluding diaryl/α,β-unsaturated/α-hetero) is 1. The van der Waals surface area contributed by atoms with Gasteiger partial charge in [-0.05, 0) is 31.4 Å². The van der Waals surface area contributed by atoms with Crippen molar-refractivity contribution in [3.63, 3.8) is 0 Å². The highest BCUT2D eigenvalue weighted by molar-refractivity contribution is 7.14. The topological polar surface area (TPSA) is 55.4 Å². The molecule has 0 atom stereocenters. The lowest BCUT2D eigenvalue weighted by Crippen LogP contribution is -2.21. The van der Waals surface area contributed by atoms with Crippen molar-refractivity contribution < 1.29 is 31.9 Å². The number of hydrogen-bond donors (Lipinski definition) is 1. The third kappa shape index (κ3) is 3.77. The summed E-state index contributed by atoms with van der Waals surface area (Å²) < 4.78 is 59.4. The zero-order valence-corrected chi connectivity index (χ0v) is 14.5. The van der Waals surface area contributed by atoms with Gasteiger partial charge < -0.3 is 10.1 Å². The maximum atomic E-state index is 14.1. The van der Waals surface area contributed by atoms with E-state index < -0.39 is 51.7 Å². The van der Waals surface area contributed by atoms with Gasteiger partial charge in [0, 0.05) is 11.8 Å². The van der Waals surface area contributed by atoms with E-state index in [2.05, 4.69) is 5.32 Å². The summed E-state index contributed by atoms with van der Waals surface area (Å²) in [6.45, 7) is 2.30. The van der Waals surface area contributed by atoms with Crippen LogP contribution in [0.25, 0.3) is 0 Å². The Morgan fingerprint density at radius 2 is 1.81 bits per heavy atom. The van der Waals surface area contributed by atoms with E-state index >= 15 is 0 Å².